The molecule has 0 radical (unpaired) electrons. The number of morpholine rings is 1. The zero-order valence-electron chi connectivity index (χ0n) is 11.1. The number of halogens is 1. The molecule has 2 heterocycles. The van der Waals surface area contributed by atoms with Gasteiger partial charge in [-0.15, -0.1) is 0 Å². The Morgan fingerprint density at radius 2 is 1.78 bits per heavy atom. The first-order chi connectivity index (χ1) is 8.40. The highest BCUT2D eigenvalue weighted by Crippen LogP contribution is 2.29. The molecule has 1 amide bonds. The molecule has 0 saturated carbocycles. The van der Waals surface area contributed by atoms with E-state index in [2.05, 4.69) is 15.9 Å². The Morgan fingerprint density at radius 1 is 1.22 bits per heavy atom. The second-order valence-corrected chi connectivity index (χ2v) is 5.66. The predicted molar refractivity (Wildman–Crippen MR) is 71.8 cm³/mol. The van der Waals surface area contributed by atoms with Crippen molar-refractivity contribution in [1.82, 2.24) is 4.90 Å². The fraction of sp³-hybridized carbons (Fsp3) is 0.615. The summed E-state index contributed by atoms with van der Waals surface area (Å²) in [6.07, 6.45) is 0.148. The molecule has 0 aliphatic carbocycles. The van der Waals surface area contributed by atoms with Crippen LogP contribution in [-0.4, -0.2) is 36.1 Å². The molecule has 1 aromatic heterocycles. The minimum atomic E-state index is 0.0122. The van der Waals surface area contributed by atoms with Crippen molar-refractivity contribution in [3.05, 3.63) is 21.6 Å². The van der Waals surface area contributed by atoms with Crippen LogP contribution in [0.15, 0.2) is 8.89 Å². The fourth-order valence-corrected chi connectivity index (χ4v) is 2.93. The van der Waals surface area contributed by atoms with Crippen LogP contribution in [-0.2, 0) is 4.74 Å². The third kappa shape index (κ3) is 2.47. The number of amides is 1. The fourth-order valence-electron chi connectivity index (χ4n) is 2.40. The SMILES string of the molecule is Cc1oc(C)c(C(=O)N2C[C@@H](C)O[C@@H](C)C2)c1Br. The Balaban J connectivity index is 2.25. The summed E-state index contributed by atoms with van der Waals surface area (Å²) in [7, 11) is 0. The summed E-state index contributed by atoms with van der Waals surface area (Å²) in [5.74, 6) is 1.42. The lowest BCUT2D eigenvalue weighted by Gasteiger charge is -2.35. The third-order valence-electron chi connectivity index (χ3n) is 3.11. The molecular formula is C13H18BrNO3. The van der Waals surface area contributed by atoms with Gasteiger partial charge < -0.3 is 14.1 Å². The summed E-state index contributed by atoms with van der Waals surface area (Å²) in [5, 5.41) is 0. The molecule has 0 aromatic carbocycles. The van der Waals surface area contributed by atoms with Crippen LogP contribution in [0.2, 0.25) is 0 Å². The molecule has 0 unspecified atom stereocenters. The number of furan rings is 1. The molecule has 1 saturated heterocycles. The molecule has 5 heteroatoms. The van der Waals surface area contributed by atoms with E-state index >= 15 is 0 Å². The Hall–Kier alpha value is -0.810. The van der Waals surface area contributed by atoms with Crippen molar-refractivity contribution < 1.29 is 13.9 Å². The zero-order valence-corrected chi connectivity index (χ0v) is 12.7. The number of carbonyl (C=O) groups is 1. The summed E-state index contributed by atoms with van der Waals surface area (Å²) < 4.78 is 11.9. The van der Waals surface area contributed by atoms with E-state index in [0.29, 0.717) is 24.4 Å². The van der Waals surface area contributed by atoms with Crippen LogP contribution in [0.25, 0.3) is 0 Å². The minimum Gasteiger partial charge on any atom is -0.465 e. The number of rotatable bonds is 1. The van der Waals surface area contributed by atoms with Crippen LogP contribution in [0.4, 0.5) is 0 Å². The summed E-state index contributed by atoms with van der Waals surface area (Å²) in [6.45, 7) is 8.88. The van der Waals surface area contributed by atoms with Crippen molar-refractivity contribution in [3.8, 4) is 0 Å². The van der Waals surface area contributed by atoms with Crippen LogP contribution >= 0.6 is 15.9 Å². The van der Waals surface area contributed by atoms with Gasteiger partial charge in [-0.3, -0.25) is 4.79 Å². The van der Waals surface area contributed by atoms with Gasteiger partial charge in [-0.2, -0.15) is 0 Å². The van der Waals surface area contributed by atoms with Crippen molar-refractivity contribution in [1.29, 1.82) is 0 Å². The van der Waals surface area contributed by atoms with Crippen molar-refractivity contribution in [2.24, 2.45) is 0 Å². The Kier molecular flexibility index (Phi) is 3.82. The van der Waals surface area contributed by atoms with Crippen LogP contribution in [0, 0.1) is 13.8 Å². The van der Waals surface area contributed by atoms with Crippen molar-refractivity contribution in [2.45, 2.75) is 39.9 Å². The van der Waals surface area contributed by atoms with Crippen LogP contribution in [0.1, 0.15) is 35.7 Å². The predicted octanol–water partition coefficient (Wildman–Crippen LogP) is 2.91. The Bertz CT molecular complexity index is 459. The van der Waals surface area contributed by atoms with Crippen LogP contribution in [0.3, 0.4) is 0 Å². The maximum Gasteiger partial charge on any atom is 0.258 e. The highest BCUT2D eigenvalue weighted by atomic mass is 79.9. The standard InChI is InChI=1S/C13H18BrNO3/c1-7-5-15(6-8(2)17-7)13(16)11-9(3)18-10(4)12(11)14/h7-8H,5-6H2,1-4H3/t7-,8+. The van der Waals surface area contributed by atoms with Crippen molar-refractivity contribution in [3.63, 3.8) is 0 Å². The lowest BCUT2D eigenvalue weighted by Crippen LogP contribution is -2.48. The lowest BCUT2D eigenvalue weighted by molar-refractivity contribution is -0.0586. The summed E-state index contributed by atoms with van der Waals surface area (Å²) in [4.78, 5) is 14.4. The number of nitrogens with zero attached hydrogens (tertiary/aromatic N) is 1. The molecular weight excluding hydrogens is 298 g/mol. The molecule has 1 aromatic rings. The molecule has 18 heavy (non-hydrogen) atoms. The molecule has 1 fully saturated rings. The highest BCUT2D eigenvalue weighted by Gasteiger charge is 2.30. The number of aryl methyl sites for hydroxylation is 2. The minimum absolute atomic E-state index is 0.0122. The van der Waals surface area contributed by atoms with Gasteiger partial charge in [0, 0.05) is 13.1 Å². The molecule has 1 aliphatic rings. The van der Waals surface area contributed by atoms with Gasteiger partial charge in [0.25, 0.3) is 5.91 Å². The van der Waals surface area contributed by atoms with E-state index in [1.54, 1.807) is 0 Å². The molecule has 0 bridgehead atoms. The highest BCUT2D eigenvalue weighted by molar-refractivity contribution is 9.10. The first-order valence-electron chi connectivity index (χ1n) is 6.10. The second kappa shape index (κ2) is 5.05. The molecule has 2 atom stereocenters. The molecule has 0 spiro atoms. The van der Waals surface area contributed by atoms with Gasteiger partial charge in [0.15, 0.2) is 0 Å². The van der Waals surface area contributed by atoms with Gasteiger partial charge in [-0.1, -0.05) is 0 Å². The van der Waals surface area contributed by atoms with Gasteiger partial charge in [0.2, 0.25) is 0 Å². The number of hydrogen-bond acceptors (Lipinski definition) is 3. The number of carbonyl (C=O) groups excluding carboxylic acids is 1. The van der Waals surface area contributed by atoms with Crippen molar-refractivity contribution in [2.75, 3.05) is 13.1 Å². The van der Waals surface area contributed by atoms with E-state index < -0.39 is 0 Å². The Morgan fingerprint density at radius 3 is 2.22 bits per heavy atom. The van der Waals surface area contributed by atoms with E-state index in [1.165, 1.54) is 0 Å². The topological polar surface area (TPSA) is 42.7 Å². The average Bonchev–Trinajstić information content (AvgIpc) is 2.51. The summed E-state index contributed by atoms with van der Waals surface area (Å²) >= 11 is 3.43. The van der Waals surface area contributed by atoms with Gasteiger partial charge >= 0.3 is 0 Å². The molecule has 2 rings (SSSR count). The quantitative estimate of drug-likeness (QED) is 0.800. The van der Waals surface area contributed by atoms with E-state index in [0.717, 1.165) is 10.2 Å². The third-order valence-corrected chi connectivity index (χ3v) is 4.06. The number of hydrogen-bond donors (Lipinski definition) is 0. The molecule has 100 valence electrons. The maximum absolute atomic E-state index is 12.5. The van der Waals surface area contributed by atoms with Crippen LogP contribution < -0.4 is 0 Å². The van der Waals surface area contributed by atoms with Gasteiger partial charge in [0.1, 0.15) is 11.5 Å². The van der Waals surface area contributed by atoms with E-state index in [1.807, 2.05) is 32.6 Å². The first-order valence-corrected chi connectivity index (χ1v) is 6.89. The lowest BCUT2D eigenvalue weighted by atomic mass is 10.1. The zero-order chi connectivity index (χ0) is 13.4. The first kappa shape index (κ1) is 13.6. The van der Waals surface area contributed by atoms with Gasteiger partial charge in [0.05, 0.1) is 22.2 Å². The summed E-state index contributed by atoms with van der Waals surface area (Å²) in [5.41, 5.74) is 0.633. The van der Waals surface area contributed by atoms with Crippen molar-refractivity contribution >= 4 is 21.8 Å². The van der Waals surface area contributed by atoms with Gasteiger partial charge in [-0.05, 0) is 43.6 Å². The summed E-state index contributed by atoms with van der Waals surface area (Å²) in [6, 6.07) is 0. The smallest absolute Gasteiger partial charge is 0.258 e. The average molecular weight is 316 g/mol. The largest absolute Gasteiger partial charge is 0.465 e. The normalized spacial score (nSPS) is 24.4. The monoisotopic (exact) mass is 315 g/mol. The Labute approximate surface area is 115 Å². The van der Waals surface area contributed by atoms with E-state index in [9.17, 15) is 4.79 Å². The molecule has 1 aliphatic heterocycles. The van der Waals surface area contributed by atoms with Crippen LogP contribution in [0.5, 0.6) is 0 Å². The van der Waals surface area contributed by atoms with E-state index in [-0.39, 0.29) is 18.1 Å². The molecule has 0 N–H and O–H groups in total. The molecule has 4 nitrogen and oxygen atoms in total. The second-order valence-electron chi connectivity index (χ2n) is 4.87. The maximum atomic E-state index is 12.5. The van der Waals surface area contributed by atoms with Gasteiger partial charge in [-0.25, -0.2) is 0 Å². The number of ether oxygens (including phenoxy) is 1. The van der Waals surface area contributed by atoms with E-state index in [4.69, 9.17) is 9.15 Å².